The van der Waals surface area contributed by atoms with Crippen LogP contribution < -0.4 is 18.9 Å². The molecule has 0 fully saturated rings. The second-order valence-corrected chi connectivity index (χ2v) is 20.5. The van der Waals surface area contributed by atoms with Gasteiger partial charge in [0.1, 0.15) is 45.7 Å². The first-order chi connectivity index (χ1) is 44.9. The number of ether oxygens (including phenoxy) is 4. The predicted molar refractivity (Wildman–Crippen MR) is 344 cm³/mol. The number of carboxylic acid groups (broad SMARTS) is 4. The Morgan fingerprint density at radius 1 is 0.228 bits per heavy atom. The highest BCUT2D eigenvalue weighted by molar-refractivity contribution is 6.37. The highest BCUT2D eigenvalue weighted by Gasteiger charge is 2.28. The van der Waals surface area contributed by atoms with Gasteiger partial charge in [-0.1, -0.05) is 97.1 Å². The minimum Gasteiger partial charge on any atom is -0.478 e. The first-order valence-electron chi connectivity index (χ1n) is 28.2. The van der Waals surface area contributed by atoms with Gasteiger partial charge in [0.25, 0.3) is 0 Å². The number of fused-ring (bicyclic) bond motifs is 2. The van der Waals surface area contributed by atoms with Crippen molar-refractivity contribution in [2.24, 2.45) is 40.9 Å². The number of azo groups is 4. The van der Waals surface area contributed by atoms with Crippen molar-refractivity contribution in [1.29, 1.82) is 0 Å². The summed E-state index contributed by atoms with van der Waals surface area (Å²) < 4.78 is 28.2. The molecule has 13 rings (SSSR count). The molecule has 0 aliphatic rings. The van der Waals surface area contributed by atoms with E-state index >= 15 is 0 Å². The van der Waals surface area contributed by atoms with Crippen LogP contribution in [0.1, 0.15) is 41.4 Å². The summed E-state index contributed by atoms with van der Waals surface area (Å²) in [7, 11) is 0. The Kier molecular flexibility index (Phi) is 15.8. The second kappa shape index (κ2) is 25.2. The van der Waals surface area contributed by atoms with Crippen molar-refractivity contribution < 1.29 is 58.6 Å². The average molecular weight is 1210 g/mol. The lowest BCUT2D eigenvalue weighted by molar-refractivity contribution is 0.0686. The molecule has 0 aliphatic heterocycles. The van der Waals surface area contributed by atoms with Crippen LogP contribution in [0.2, 0.25) is 0 Å². The third kappa shape index (κ3) is 12.1. The maximum absolute atomic E-state index is 12.6. The van der Waals surface area contributed by atoms with Gasteiger partial charge in [-0.3, -0.25) is 0 Å². The summed E-state index contributed by atoms with van der Waals surface area (Å²) >= 11 is 0. The zero-order valence-electron chi connectivity index (χ0n) is 47.7. The van der Waals surface area contributed by atoms with Crippen LogP contribution in [-0.4, -0.2) is 44.3 Å². The van der Waals surface area contributed by atoms with Crippen molar-refractivity contribution in [2.45, 2.75) is 0 Å². The van der Waals surface area contributed by atoms with Crippen molar-refractivity contribution in [3.63, 3.8) is 0 Å². The number of carbonyl (C=O) groups is 4. The lowest BCUT2D eigenvalue weighted by Gasteiger charge is -2.23. The maximum Gasteiger partial charge on any atom is 0.335 e. The number of rotatable bonds is 20. The lowest BCUT2D eigenvalue weighted by Crippen LogP contribution is -1.99. The van der Waals surface area contributed by atoms with E-state index in [-0.39, 0.29) is 91.0 Å². The third-order valence-corrected chi connectivity index (χ3v) is 14.5. The fraction of sp³-hybridized carbons (Fsp3) is 0. The van der Waals surface area contributed by atoms with Crippen LogP contribution in [-0.2, 0) is 0 Å². The van der Waals surface area contributed by atoms with Crippen molar-refractivity contribution in [2.75, 3.05) is 0 Å². The summed E-state index contributed by atoms with van der Waals surface area (Å²) in [6.45, 7) is 0. The van der Waals surface area contributed by atoms with Crippen LogP contribution in [0.3, 0.4) is 0 Å². The van der Waals surface area contributed by atoms with E-state index in [1.165, 1.54) is 72.8 Å². The molecule has 4 N–H and O–H groups in total. The van der Waals surface area contributed by atoms with Crippen LogP contribution in [0.5, 0.6) is 46.0 Å². The Hall–Kier alpha value is -13.4. The number of carboxylic acids is 4. The second-order valence-electron chi connectivity index (χ2n) is 20.5. The molecule has 0 aliphatic carbocycles. The van der Waals surface area contributed by atoms with Crippen LogP contribution in [0, 0.1) is 0 Å². The minimum absolute atomic E-state index is 0.0583. The molecule has 20 heteroatoms. The SMILES string of the molecule is O=C(O)c1ccc(Oc2ccc3ccc(Oc4ccc(C(=O)O)cc4N=Nc4ccccc4)c4c5c(Oc6ccc(C(=O)O)cc6N=Nc6ccccc6)ccc6ccc(Oc7ccc(C(=O)O)cc7N=Nc7ccccc7)c(c2c34)c65)c(N=Nc2ccccc2)c1. The number of benzene rings is 13. The largest absolute Gasteiger partial charge is 0.478 e. The summed E-state index contributed by atoms with van der Waals surface area (Å²) in [4.78, 5) is 50.2. The molecule has 0 radical (unpaired) electrons. The number of hydrogen-bond acceptors (Lipinski definition) is 16. The molecule has 0 atom stereocenters. The first-order valence-corrected chi connectivity index (χ1v) is 28.2. The Balaban J connectivity index is 1.12. The maximum atomic E-state index is 12.6. The molecular formula is C72H44N8O12. The van der Waals surface area contributed by atoms with Crippen molar-refractivity contribution >= 4 is 112 Å². The van der Waals surface area contributed by atoms with Crippen LogP contribution >= 0.6 is 0 Å². The van der Waals surface area contributed by atoms with Gasteiger partial charge < -0.3 is 39.4 Å². The first kappa shape index (κ1) is 57.7. The van der Waals surface area contributed by atoms with E-state index in [9.17, 15) is 39.6 Å². The van der Waals surface area contributed by atoms with Gasteiger partial charge >= 0.3 is 23.9 Å². The smallest absolute Gasteiger partial charge is 0.335 e. The van der Waals surface area contributed by atoms with Crippen molar-refractivity contribution in [1.82, 2.24) is 0 Å². The van der Waals surface area contributed by atoms with Gasteiger partial charge in [-0.2, -0.15) is 20.5 Å². The topological polar surface area (TPSA) is 285 Å². The Bertz CT molecular complexity index is 4550. The molecule has 0 saturated heterocycles. The zero-order chi connectivity index (χ0) is 63.2. The van der Waals surface area contributed by atoms with Crippen LogP contribution in [0.15, 0.2) is 284 Å². The molecule has 0 heterocycles. The Morgan fingerprint density at radius 3 is 0.641 bits per heavy atom. The van der Waals surface area contributed by atoms with Gasteiger partial charge in [-0.15, -0.1) is 20.5 Å². The summed E-state index contributed by atoms with van der Waals surface area (Å²) in [5, 5.41) is 80.5. The minimum atomic E-state index is -1.22. The number of nitrogens with zero attached hydrogens (tertiary/aromatic N) is 8. The number of aromatic carboxylic acids is 4. The van der Waals surface area contributed by atoms with Gasteiger partial charge in [-0.05, 0) is 156 Å². The monoisotopic (exact) mass is 1210 g/mol. The molecular weight excluding hydrogens is 1170 g/mol. The standard InChI is InChI=1S/C72H44N8O12/c81-69(82)43-25-29-55(51(37-43)77-73-47-13-5-1-6-14-47)89-59-33-21-41-22-35-61(91-57-31-27-45(71(85)86)39-53(57)79-75-49-17-9-3-10-18-49)67-63(41)65(59)66-60(90-56-30-26-44(70(83)84)38-52(56)78-74-48-15-7-2-8-16-48)34-23-42-24-36-62(68(67)64(42)66)92-58-32-28-46(72(87)88)40-54(58)80-76-50-19-11-4-12-20-50/h1-40H,(H,81,82)(H,83,84)(H,85,86)(H,87,88). The van der Waals surface area contributed by atoms with Gasteiger partial charge in [-0.25, -0.2) is 19.2 Å². The molecule has 0 unspecified atom stereocenters. The van der Waals surface area contributed by atoms with E-state index in [2.05, 4.69) is 40.9 Å². The molecule has 0 saturated carbocycles. The quantitative estimate of drug-likeness (QED) is 0.0315. The van der Waals surface area contributed by atoms with E-state index < -0.39 is 23.9 Å². The molecule has 444 valence electrons. The normalized spacial score (nSPS) is 11.7. The predicted octanol–water partition coefficient (Wildman–Crippen LogP) is 21.4. The van der Waals surface area contributed by atoms with Gasteiger partial charge in [0.05, 0.1) is 45.0 Å². The van der Waals surface area contributed by atoms with Gasteiger partial charge in [0, 0.05) is 32.3 Å². The molecule has 0 amide bonds. The fourth-order valence-electron chi connectivity index (χ4n) is 10.3. The van der Waals surface area contributed by atoms with Gasteiger partial charge in [0.2, 0.25) is 0 Å². The molecule has 13 aromatic carbocycles. The lowest BCUT2D eigenvalue weighted by atomic mass is 9.88. The van der Waals surface area contributed by atoms with Crippen LogP contribution in [0.25, 0.3) is 43.1 Å². The van der Waals surface area contributed by atoms with Crippen LogP contribution in [0.4, 0.5) is 45.5 Å². The van der Waals surface area contributed by atoms with E-state index in [0.717, 1.165) is 0 Å². The summed E-state index contributed by atoms with van der Waals surface area (Å²) in [5.74, 6) is -3.76. The molecule has 0 bridgehead atoms. The molecule has 0 spiro atoms. The molecule has 13 aromatic rings. The molecule has 20 nitrogen and oxygen atoms in total. The highest BCUT2D eigenvalue weighted by atomic mass is 16.5. The molecule has 0 aromatic heterocycles. The van der Waals surface area contributed by atoms with Gasteiger partial charge in [0.15, 0.2) is 23.0 Å². The fourth-order valence-corrected chi connectivity index (χ4v) is 10.3. The highest BCUT2D eigenvalue weighted by Crippen LogP contribution is 2.55. The summed E-state index contributed by atoms with van der Waals surface area (Å²) in [6, 6.07) is 66.4. The van der Waals surface area contributed by atoms with E-state index in [0.29, 0.717) is 65.8 Å². The summed E-state index contributed by atoms with van der Waals surface area (Å²) in [6.07, 6.45) is 0. The third-order valence-electron chi connectivity index (χ3n) is 14.5. The Morgan fingerprint density at radius 2 is 0.435 bits per heavy atom. The van der Waals surface area contributed by atoms with E-state index in [1.807, 2.05) is 48.5 Å². The number of hydrogen-bond donors (Lipinski definition) is 4. The average Bonchev–Trinajstić information content (AvgIpc) is 0.700. The van der Waals surface area contributed by atoms with E-state index in [4.69, 9.17) is 18.9 Å². The molecule has 92 heavy (non-hydrogen) atoms. The van der Waals surface area contributed by atoms with E-state index in [1.54, 1.807) is 121 Å². The summed E-state index contributed by atoms with van der Waals surface area (Å²) in [5.41, 5.74) is 1.76. The van der Waals surface area contributed by atoms with Crippen molar-refractivity contribution in [3.8, 4) is 46.0 Å². The Labute approximate surface area is 520 Å². The van der Waals surface area contributed by atoms with Crippen molar-refractivity contribution in [3.05, 3.63) is 265 Å². The zero-order valence-corrected chi connectivity index (χ0v) is 47.7.